The molecule has 2 atom stereocenters. The molecule has 1 saturated heterocycles. The normalized spacial score (nSPS) is 23.5. The summed E-state index contributed by atoms with van der Waals surface area (Å²) in [4.78, 5) is 14.8. The zero-order valence-corrected chi connectivity index (χ0v) is 13.7. The standard InChI is InChI=1S/C20H23N3O/c24-20-22-18-12-5-4-11-17(18)19(15-8-2-1-3-9-15)23(20)14-16-10-6-7-13-21-16/h1-5,8-9,11-12,16,19,21H,6-7,10,13-14H2,(H,22,24). The number of anilines is 1. The lowest BCUT2D eigenvalue weighted by Gasteiger charge is -2.40. The smallest absolute Gasteiger partial charge is 0.312 e. The summed E-state index contributed by atoms with van der Waals surface area (Å²) in [5.74, 6) is 0. The Kier molecular flexibility index (Phi) is 4.22. The molecule has 4 rings (SSSR count). The molecule has 2 N–H and O–H groups in total. The fourth-order valence-electron chi connectivity index (χ4n) is 3.82. The second kappa shape index (κ2) is 6.65. The van der Waals surface area contributed by atoms with Gasteiger partial charge in [0.1, 0.15) is 0 Å². The maximum atomic E-state index is 12.8. The van der Waals surface area contributed by atoms with Gasteiger partial charge in [0.05, 0.1) is 6.04 Å². The second-order valence-electron chi connectivity index (χ2n) is 6.63. The molecule has 24 heavy (non-hydrogen) atoms. The summed E-state index contributed by atoms with van der Waals surface area (Å²) in [6, 6.07) is 18.8. The number of piperidine rings is 1. The van der Waals surface area contributed by atoms with Crippen LogP contribution in [0.5, 0.6) is 0 Å². The van der Waals surface area contributed by atoms with Gasteiger partial charge < -0.3 is 15.5 Å². The third-order valence-corrected chi connectivity index (χ3v) is 5.01. The lowest BCUT2D eigenvalue weighted by atomic mass is 9.93. The average molecular weight is 321 g/mol. The van der Waals surface area contributed by atoms with E-state index in [0.29, 0.717) is 6.04 Å². The zero-order valence-electron chi connectivity index (χ0n) is 13.7. The van der Waals surface area contributed by atoms with Crippen LogP contribution >= 0.6 is 0 Å². The van der Waals surface area contributed by atoms with E-state index in [1.54, 1.807) is 0 Å². The molecule has 2 aromatic carbocycles. The number of hydrogen-bond donors (Lipinski definition) is 2. The highest BCUT2D eigenvalue weighted by Crippen LogP contribution is 2.37. The van der Waals surface area contributed by atoms with E-state index >= 15 is 0 Å². The van der Waals surface area contributed by atoms with Crippen LogP contribution in [0.3, 0.4) is 0 Å². The first-order valence-corrected chi connectivity index (χ1v) is 8.78. The number of carbonyl (C=O) groups excluding carboxylic acids is 1. The number of nitrogens with one attached hydrogen (secondary N) is 2. The van der Waals surface area contributed by atoms with Gasteiger partial charge in [-0.2, -0.15) is 0 Å². The van der Waals surface area contributed by atoms with E-state index in [4.69, 9.17) is 0 Å². The van der Waals surface area contributed by atoms with Gasteiger partial charge in [-0.05, 0) is 31.0 Å². The Labute approximate surface area is 142 Å². The quantitative estimate of drug-likeness (QED) is 0.904. The molecule has 0 spiro atoms. The third kappa shape index (κ3) is 2.89. The molecule has 0 aliphatic carbocycles. The number of para-hydroxylation sites is 1. The van der Waals surface area contributed by atoms with E-state index in [1.165, 1.54) is 18.4 Å². The Morgan fingerprint density at radius 3 is 2.58 bits per heavy atom. The van der Waals surface area contributed by atoms with Crippen LogP contribution in [0.2, 0.25) is 0 Å². The summed E-state index contributed by atoms with van der Waals surface area (Å²) in [6.07, 6.45) is 3.60. The Balaban J connectivity index is 1.71. The number of carbonyl (C=O) groups is 1. The molecule has 124 valence electrons. The van der Waals surface area contributed by atoms with Crippen LogP contribution in [0.25, 0.3) is 0 Å². The van der Waals surface area contributed by atoms with Crippen LogP contribution in [0.4, 0.5) is 10.5 Å². The summed E-state index contributed by atoms with van der Waals surface area (Å²) < 4.78 is 0. The van der Waals surface area contributed by atoms with Gasteiger partial charge in [0.15, 0.2) is 0 Å². The van der Waals surface area contributed by atoms with Crippen molar-refractivity contribution in [2.45, 2.75) is 31.3 Å². The van der Waals surface area contributed by atoms with Crippen LogP contribution in [0, 0.1) is 0 Å². The summed E-state index contributed by atoms with van der Waals surface area (Å²) in [7, 11) is 0. The highest BCUT2D eigenvalue weighted by molar-refractivity contribution is 5.93. The number of nitrogens with zero attached hydrogens (tertiary/aromatic N) is 1. The summed E-state index contributed by atoms with van der Waals surface area (Å²) in [5, 5.41) is 6.62. The van der Waals surface area contributed by atoms with E-state index < -0.39 is 0 Å². The van der Waals surface area contributed by atoms with Gasteiger partial charge in [0.2, 0.25) is 0 Å². The topological polar surface area (TPSA) is 44.4 Å². The summed E-state index contributed by atoms with van der Waals surface area (Å²) >= 11 is 0. The Morgan fingerprint density at radius 1 is 1.00 bits per heavy atom. The third-order valence-electron chi connectivity index (χ3n) is 5.01. The molecular formula is C20H23N3O. The van der Waals surface area contributed by atoms with E-state index in [9.17, 15) is 4.79 Å². The van der Waals surface area contributed by atoms with Gasteiger partial charge in [-0.25, -0.2) is 4.79 Å². The molecule has 2 aliphatic heterocycles. The van der Waals surface area contributed by atoms with Crippen molar-refractivity contribution in [3.8, 4) is 0 Å². The first-order chi connectivity index (χ1) is 11.8. The monoisotopic (exact) mass is 321 g/mol. The van der Waals surface area contributed by atoms with Crippen molar-refractivity contribution in [2.24, 2.45) is 0 Å². The molecule has 2 aromatic rings. The van der Waals surface area contributed by atoms with Crippen molar-refractivity contribution in [2.75, 3.05) is 18.4 Å². The fourth-order valence-corrected chi connectivity index (χ4v) is 3.82. The number of urea groups is 1. The number of rotatable bonds is 3. The number of amides is 2. The largest absolute Gasteiger partial charge is 0.322 e. The fraction of sp³-hybridized carbons (Fsp3) is 0.350. The van der Waals surface area contributed by atoms with Crippen molar-refractivity contribution in [3.63, 3.8) is 0 Å². The van der Waals surface area contributed by atoms with E-state index in [2.05, 4.69) is 28.8 Å². The van der Waals surface area contributed by atoms with Crippen molar-refractivity contribution >= 4 is 11.7 Å². The second-order valence-corrected chi connectivity index (χ2v) is 6.63. The van der Waals surface area contributed by atoms with Gasteiger partial charge in [-0.1, -0.05) is 55.0 Å². The number of hydrogen-bond acceptors (Lipinski definition) is 2. The molecular weight excluding hydrogens is 298 g/mol. The Morgan fingerprint density at radius 2 is 1.79 bits per heavy atom. The molecule has 2 heterocycles. The predicted octanol–water partition coefficient (Wildman–Crippen LogP) is 3.77. The maximum Gasteiger partial charge on any atom is 0.322 e. The molecule has 2 unspecified atom stereocenters. The first kappa shape index (κ1) is 15.2. The van der Waals surface area contributed by atoms with E-state index in [0.717, 1.165) is 30.8 Å². The van der Waals surface area contributed by atoms with Crippen molar-refractivity contribution in [3.05, 3.63) is 65.7 Å². The van der Waals surface area contributed by atoms with Gasteiger partial charge in [0, 0.05) is 23.8 Å². The minimum atomic E-state index is -0.0279. The lowest BCUT2D eigenvalue weighted by Crippen LogP contribution is -2.50. The lowest BCUT2D eigenvalue weighted by molar-refractivity contribution is 0.180. The van der Waals surface area contributed by atoms with E-state index in [-0.39, 0.29) is 12.1 Å². The van der Waals surface area contributed by atoms with Crippen LogP contribution in [-0.2, 0) is 0 Å². The summed E-state index contributed by atoms with van der Waals surface area (Å²) in [5.41, 5.74) is 3.25. The predicted molar refractivity (Wildman–Crippen MR) is 96.1 cm³/mol. The number of fused-ring (bicyclic) bond motifs is 1. The molecule has 0 bridgehead atoms. The molecule has 2 amide bonds. The molecule has 0 radical (unpaired) electrons. The van der Waals surface area contributed by atoms with Crippen LogP contribution in [0.1, 0.15) is 36.4 Å². The maximum absolute atomic E-state index is 12.8. The molecule has 4 nitrogen and oxygen atoms in total. The minimum absolute atomic E-state index is 0.00470. The minimum Gasteiger partial charge on any atom is -0.312 e. The zero-order chi connectivity index (χ0) is 16.4. The van der Waals surface area contributed by atoms with Crippen LogP contribution in [-0.4, -0.2) is 30.1 Å². The average Bonchev–Trinajstić information content (AvgIpc) is 2.64. The molecule has 0 saturated carbocycles. The van der Waals surface area contributed by atoms with Crippen molar-refractivity contribution in [1.29, 1.82) is 0 Å². The Hall–Kier alpha value is -2.33. The molecule has 2 aliphatic rings. The highest BCUT2D eigenvalue weighted by atomic mass is 16.2. The van der Waals surface area contributed by atoms with Gasteiger partial charge >= 0.3 is 6.03 Å². The Bertz CT molecular complexity index is 710. The highest BCUT2D eigenvalue weighted by Gasteiger charge is 2.34. The molecule has 0 aromatic heterocycles. The van der Waals surface area contributed by atoms with Crippen LogP contribution in [0.15, 0.2) is 54.6 Å². The molecule has 4 heteroatoms. The summed E-state index contributed by atoms with van der Waals surface area (Å²) in [6.45, 7) is 1.78. The van der Waals surface area contributed by atoms with Gasteiger partial charge in [0.25, 0.3) is 0 Å². The molecule has 1 fully saturated rings. The van der Waals surface area contributed by atoms with Gasteiger partial charge in [-0.15, -0.1) is 0 Å². The van der Waals surface area contributed by atoms with Crippen molar-refractivity contribution < 1.29 is 4.79 Å². The SMILES string of the molecule is O=C1Nc2ccccc2C(c2ccccc2)N1CC1CCCCN1. The van der Waals surface area contributed by atoms with Crippen molar-refractivity contribution in [1.82, 2.24) is 10.2 Å². The number of benzene rings is 2. The van der Waals surface area contributed by atoms with Crippen LogP contribution < -0.4 is 10.6 Å². The first-order valence-electron chi connectivity index (χ1n) is 8.78. The van der Waals surface area contributed by atoms with E-state index in [1.807, 2.05) is 41.3 Å². The van der Waals surface area contributed by atoms with Gasteiger partial charge in [-0.3, -0.25) is 0 Å².